The number of carbonyl (C=O) groups is 1. The molecule has 5 N–H and O–H groups in total. The second-order valence-corrected chi connectivity index (χ2v) is 6.30. The molecular formula is C11H18F2N4O2S. The van der Waals surface area contributed by atoms with Gasteiger partial charge < -0.3 is 21.5 Å². The summed E-state index contributed by atoms with van der Waals surface area (Å²) in [6, 6.07) is 0. The highest BCUT2D eigenvalue weighted by Gasteiger charge is 2.29. The molecule has 9 heteroatoms. The summed E-state index contributed by atoms with van der Waals surface area (Å²) in [5, 5.41) is 13.9. The molecule has 0 aliphatic rings. The first-order valence-electron chi connectivity index (χ1n) is 5.85. The number of aliphatic hydroxyl groups excluding tert-OH is 1. The van der Waals surface area contributed by atoms with E-state index in [-0.39, 0.29) is 16.2 Å². The Kier molecular flexibility index (Phi) is 4.87. The second kappa shape index (κ2) is 5.88. The fourth-order valence-corrected chi connectivity index (χ4v) is 2.22. The lowest BCUT2D eigenvalue weighted by atomic mass is 10.1. The zero-order valence-corrected chi connectivity index (χ0v) is 12.3. The van der Waals surface area contributed by atoms with Crippen molar-refractivity contribution in [1.82, 2.24) is 10.3 Å². The van der Waals surface area contributed by atoms with Crippen LogP contribution in [0, 0.1) is 0 Å². The number of nitrogens with zero attached hydrogens (tertiary/aromatic N) is 1. The number of aromatic nitrogens is 1. The quantitative estimate of drug-likeness (QED) is 0.657. The summed E-state index contributed by atoms with van der Waals surface area (Å²) in [5.74, 6) is -4.12. The summed E-state index contributed by atoms with van der Waals surface area (Å²) in [6.07, 6.45) is 0. The van der Waals surface area contributed by atoms with Crippen LogP contribution in [0.1, 0.15) is 30.4 Å². The van der Waals surface area contributed by atoms with Gasteiger partial charge in [-0.25, -0.2) is 13.8 Å². The number of aliphatic hydroxyl groups is 1. The molecule has 0 radical (unpaired) electrons. The first-order valence-corrected chi connectivity index (χ1v) is 6.67. The van der Waals surface area contributed by atoms with Gasteiger partial charge in [-0.15, -0.1) is 0 Å². The molecule has 1 amide bonds. The van der Waals surface area contributed by atoms with Gasteiger partial charge in [0.2, 0.25) is 0 Å². The molecule has 0 aromatic carbocycles. The molecule has 0 unspecified atom stereocenters. The predicted molar refractivity (Wildman–Crippen MR) is 74.3 cm³/mol. The van der Waals surface area contributed by atoms with Gasteiger partial charge in [-0.3, -0.25) is 4.79 Å². The predicted octanol–water partition coefficient (Wildman–Crippen LogP) is 1.29. The zero-order chi connectivity index (χ0) is 15.6. The summed E-state index contributed by atoms with van der Waals surface area (Å²) in [5.41, 5.74) is 5.33. The molecule has 1 heterocycles. The van der Waals surface area contributed by atoms with E-state index in [0.29, 0.717) is 5.13 Å². The lowest BCUT2D eigenvalue weighted by Crippen LogP contribution is -2.38. The molecule has 0 fully saturated rings. The van der Waals surface area contributed by atoms with Crippen LogP contribution in [0.15, 0.2) is 0 Å². The summed E-state index contributed by atoms with van der Waals surface area (Å²) in [7, 11) is 0. The maximum atomic E-state index is 12.8. The Labute approximate surface area is 119 Å². The number of alkyl halides is 2. The minimum absolute atomic E-state index is 0.0217. The van der Waals surface area contributed by atoms with Crippen LogP contribution >= 0.6 is 11.3 Å². The van der Waals surface area contributed by atoms with Gasteiger partial charge in [-0.2, -0.15) is 0 Å². The molecule has 0 atom stereocenters. The fourth-order valence-electron chi connectivity index (χ4n) is 1.21. The lowest BCUT2D eigenvalue weighted by molar-refractivity contribution is -0.0461. The number of amides is 1. The number of carbonyl (C=O) groups excluding carboxylic acids is 1. The Balaban J connectivity index is 2.74. The van der Waals surface area contributed by atoms with Crippen molar-refractivity contribution in [3.63, 3.8) is 0 Å². The monoisotopic (exact) mass is 308 g/mol. The highest BCUT2D eigenvalue weighted by atomic mass is 32.1. The number of nitrogens with two attached hydrogens (primary N) is 1. The molecule has 6 nitrogen and oxygen atoms in total. The van der Waals surface area contributed by atoms with Gasteiger partial charge in [0.15, 0.2) is 5.13 Å². The van der Waals surface area contributed by atoms with Crippen LogP contribution in [0.4, 0.5) is 19.7 Å². The summed E-state index contributed by atoms with van der Waals surface area (Å²) in [4.78, 5) is 15.8. The molecule has 0 saturated heterocycles. The van der Waals surface area contributed by atoms with Crippen molar-refractivity contribution in [3.05, 3.63) is 4.88 Å². The number of hydrogen-bond donors (Lipinski definition) is 4. The zero-order valence-electron chi connectivity index (χ0n) is 11.5. The van der Waals surface area contributed by atoms with Crippen LogP contribution in [-0.4, -0.2) is 40.6 Å². The highest BCUT2D eigenvalue weighted by molar-refractivity contribution is 7.18. The molecule has 0 bridgehead atoms. The van der Waals surface area contributed by atoms with Crippen molar-refractivity contribution in [2.24, 2.45) is 0 Å². The number of anilines is 2. The van der Waals surface area contributed by atoms with E-state index in [0.717, 1.165) is 11.3 Å². The first kappa shape index (κ1) is 16.6. The van der Waals surface area contributed by atoms with Crippen LogP contribution < -0.4 is 16.4 Å². The topological polar surface area (TPSA) is 100 Å². The smallest absolute Gasteiger partial charge is 0.287 e. The Morgan fingerprint density at radius 1 is 1.45 bits per heavy atom. The van der Waals surface area contributed by atoms with Gasteiger partial charge in [-0.1, -0.05) is 11.3 Å². The minimum atomic E-state index is -3.36. The normalized spacial score (nSPS) is 12.3. The Morgan fingerprint density at radius 3 is 2.55 bits per heavy atom. The van der Waals surface area contributed by atoms with Crippen LogP contribution in [0.25, 0.3) is 0 Å². The van der Waals surface area contributed by atoms with E-state index in [2.05, 4.69) is 10.3 Å². The van der Waals surface area contributed by atoms with E-state index in [1.54, 1.807) is 0 Å². The third-order valence-electron chi connectivity index (χ3n) is 2.08. The van der Waals surface area contributed by atoms with Crippen LogP contribution in [0.3, 0.4) is 0 Å². The van der Waals surface area contributed by atoms with E-state index in [1.165, 1.54) is 0 Å². The summed E-state index contributed by atoms with van der Waals surface area (Å²) in [6.45, 7) is 3.44. The largest absolute Gasteiger partial charge is 0.390 e. The van der Waals surface area contributed by atoms with Gasteiger partial charge in [0.25, 0.3) is 11.8 Å². The Hall–Kier alpha value is -1.48. The van der Waals surface area contributed by atoms with Crippen molar-refractivity contribution in [1.29, 1.82) is 0 Å². The van der Waals surface area contributed by atoms with Crippen LogP contribution in [0.2, 0.25) is 0 Å². The van der Waals surface area contributed by atoms with Gasteiger partial charge >= 0.3 is 0 Å². The third-order valence-corrected chi connectivity index (χ3v) is 3.07. The molecule has 20 heavy (non-hydrogen) atoms. The molecule has 1 aromatic rings. The SMILES string of the molecule is CC(C)(C)Nc1nc(N)c(C(=O)NCC(F)(F)CO)s1. The molecule has 0 spiro atoms. The molecule has 0 saturated carbocycles. The Bertz CT molecular complexity index is 485. The van der Waals surface area contributed by atoms with Gasteiger partial charge in [0.1, 0.15) is 17.3 Å². The maximum Gasteiger partial charge on any atom is 0.287 e. The van der Waals surface area contributed by atoms with Crippen LogP contribution in [-0.2, 0) is 0 Å². The standard InChI is InChI=1S/C11H18F2N4O2S/c1-10(2,3)17-9-16-7(14)6(20-9)8(19)15-4-11(12,13)5-18/h18H,4-5,14H2,1-3H3,(H,15,19)(H,16,17). The number of rotatable bonds is 5. The molecule has 0 aliphatic carbocycles. The number of nitrogen functional groups attached to an aromatic ring is 1. The molecule has 1 rings (SSSR count). The van der Waals surface area contributed by atoms with Gasteiger partial charge in [0.05, 0.1) is 6.54 Å². The number of hydrogen-bond acceptors (Lipinski definition) is 6. The number of thiazole rings is 1. The van der Waals surface area contributed by atoms with Gasteiger partial charge in [0, 0.05) is 5.54 Å². The van der Waals surface area contributed by atoms with E-state index in [9.17, 15) is 13.6 Å². The maximum absolute atomic E-state index is 12.8. The van der Waals surface area contributed by atoms with Crippen LogP contribution in [0.5, 0.6) is 0 Å². The molecule has 0 aliphatic heterocycles. The van der Waals surface area contributed by atoms with Crippen molar-refractivity contribution in [2.45, 2.75) is 32.2 Å². The molecule has 114 valence electrons. The first-order chi connectivity index (χ1) is 9.04. The third kappa shape index (κ3) is 4.89. The van der Waals surface area contributed by atoms with E-state index in [4.69, 9.17) is 10.8 Å². The minimum Gasteiger partial charge on any atom is -0.390 e. The molecular weight excluding hydrogens is 290 g/mol. The van der Waals surface area contributed by atoms with Crippen molar-refractivity contribution in [2.75, 3.05) is 24.2 Å². The van der Waals surface area contributed by atoms with E-state index >= 15 is 0 Å². The molecule has 1 aromatic heterocycles. The summed E-state index contributed by atoms with van der Waals surface area (Å²) < 4.78 is 25.7. The van der Waals surface area contributed by atoms with E-state index < -0.39 is 25.0 Å². The number of halogens is 2. The average molecular weight is 308 g/mol. The van der Waals surface area contributed by atoms with Crippen molar-refractivity contribution >= 4 is 28.2 Å². The highest BCUT2D eigenvalue weighted by Crippen LogP contribution is 2.27. The Morgan fingerprint density at radius 2 is 2.05 bits per heavy atom. The lowest BCUT2D eigenvalue weighted by Gasteiger charge is -2.19. The summed E-state index contributed by atoms with van der Waals surface area (Å²) >= 11 is 0.986. The fraction of sp³-hybridized carbons (Fsp3) is 0.636. The number of nitrogens with one attached hydrogen (secondary N) is 2. The van der Waals surface area contributed by atoms with Crippen molar-refractivity contribution in [3.8, 4) is 0 Å². The second-order valence-electron chi connectivity index (χ2n) is 5.31. The van der Waals surface area contributed by atoms with Crippen molar-refractivity contribution < 1.29 is 18.7 Å². The average Bonchev–Trinajstić information content (AvgIpc) is 2.65. The van der Waals surface area contributed by atoms with E-state index in [1.807, 2.05) is 26.1 Å². The van der Waals surface area contributed by atoms with Gasteiger partial charge in [-0.05, 0) is 20.8 Å².